The molecule has 0 fully saturated rings. The summed E-state index contributed by atoms with van der Waals surface area (Å²) in [4.78, 5) is 4.50. The predicted octanol–water partition coefficient (Wildman–Crippen LogP) is 2.13. The van der Waals surface area contributed by atoms with Crippen LogP contribution in [0.1, 0.15) is 35.5 Å². The molecule has 0 aliphatic rings. The van der Waals surface area contributed by atoms with Crippen molar-refractivity contribution in [3.63, 3.8) is 0 Å². The largest absolute Gasteiger partial charge is 0.258 e. The van der Waals surface area contributed by atoms with Crippen LogP contribution in [-0.2, 0) is 0 Å². The van der Waals surface area contributed by atoms with Crippen LogP contribution < -0.4 is 5.43 Å². The van der Waals surface area contributed by atoms with Crippen molar-refractivity contribution < 1.29 is 0 Å². The Kier molecular flexibility index (Phi) is 3.83. The third-order valence-corrected chi connectivity index (χ3v) is 2.47. The second-order valence-corrected chi connectivity index (χ2v) is 4.32. The van der Waals surface area contributed by atoms with Crippen molar-refractivity contribution in [2.24, 2.45) is 0 Å². The summed E-state index contributed by atoms with van der Waals surface area (Å²) in [7, 11) is 4.01. The molecule has 0 radical (unpaired) electrons. The van der Waals surface area contributed by atoms with E-state index < -0.39 is 0 Å². The zero-order valence-electron chi connectivity index (χ0n) is 10.5. The van der Waals surface area contributed by atoms with E-state index in [2.05, 4.69) is 37.2 Å². The monoisotopic (exact) mass is 207 g/mol. The fourth-order valence-electron chi connectivity index (χ4n) is 2.14. The van der Waals surface area contributed by atoms with Crippen LogP contribution in [0.5, 0.6) is 0 Å². The summed E-state index contributed by atoms with van der Waals surface area (Å²) in [6.07, 6.45) is 0. The van der Waals surface area contributed by atoms with E-state index in [4.69, 9.17) is 0 Å². The average Bonchev–Trinajstić information content (AvgIpc) is 1.99. The normalized spacial score (nSPS) is 13.3. The molecule has 1 aromatic heterocycles. The molecule has 84 valence electrons. The zero-order valence-corrected chi connectivity index (χ0v) is 10.5. The van der Waals surface area contributed by atoms with E-state index in [-0.39, 0.29) is 0 Å². The first-order chi connectivity index (χ1) is 6.91. The van der Waals surface area contributed by atoms with Crippen LogP contribution in [0.3, 0.4) is 0 Å². The highest BCUT2D eigenvalue weighted by Gasteiger charge is 2.12. The number of aromatic nitrogens is 1. The molecule has 15 heavy (non-hydrogen) atoms. The molecule has 0 aliphatic carbocycles. The molecule has 0 amide bonds. The summed E-state index contributed by atoms with van der Waals surface area (Å²) < 4.78 is 0. The van der Waals surface area contributed by atoms with Crippen LogP contribution in [-0.4, -0.2) is 24.1 Å². The van der Waals surface area contributed by atoms with E-state index in [1.165, 1.54) is 11.1 Å². The number of hydrogen-bond acceptors (Lipinski definition) is 3. The van der Waals surface area contributed by atoms with E-state index in [1.807, 2.05) is 26.0 Å². The molecule has 0 bridgehead atoms. The molecule has 0 saturated heterocycles. The van der Waals surface area contributed by atoms with Gasteiger partial charge in [0, 0.05) is 31.5 Å². The average molecular weight is 207 g/mol. The summed E-state index contributed by atoms with van der Waals surface area (Å²) >= 11 is 0. The first-order valence-corrected chi connectivity index (χ1v) is 5.30. The first-order valence-electron chi connectivity index (χ1n) is 5.30. The minimum absolute atomic E-state index is 0.299. The second-order valence-electron chi connectivity index (χ2n) is 4.32. The molecule has 0 saturated carbocycles. The highest BCUT2D eigenvalue weighted by atomic mass is 15.5. The molecule has 1 unspecified atom stereocenters. The lowest BCUT2D eigenvalue weighted by Crippen LogP contribution is -2.33. The number of hydrogen-bond donors (Lipinski definition) is 1. The molecular formula is C12H21N3. The minimum Gasteiger partial charge on any atom is -0.258 e. The lowest BCUT2D eigenvalue weighted by molar-refractivity contribution is 0.251. The Morgan fingerprint density at radius 3 is 2.33 bits per heavy atom. The quantitative estimate of drug-likeness (QED) is 0.770. The maximum Gasteiger partial charge on any atom is 0.0456 e. The standard InChI is InChI=1S/C12H21N3/c1-8-7-9(2)13-10(3)12(8)11(4)14-15(5)6/h7,11,14H,1-6H3. The molecule has 0 aromatic carbocycles. The van der Waals surface area contributed by atoms with Gasteiger partial charge in [-0.3, -0.25) is 9.99 Å². The van der Waals surface area contributed by atoms with Crippen LogP contribution >= 0.6 is 0 Å². The van der Waals surface area contributed by atoms with Crippen molar-refractivity contribution in [1.29, 1.82) is 0 Å². The van der Waals surface area contributed by atoms with Crippen molar-refractivity contribution in [2.75, 3.05) is 14.1 Å². The van der Waals surface area contributed by atoms with Gasteiger partial charge < -0.3 is 0 Å². The topological polar surface area (TPSA) is 28.2 Å². The maximum absolute atomic E-state index is 4.50. The Labute approximate surface area is 92.5 Å². The highest BCUT2D eigenvalue weighted by Crippen LogP contribution is 2.20. The SMILES string of the molecule is Cc1cc(C)c(C(C)NN(C)C)c(C)n1. The van der Waals surface area contributed by atoms with E-state index in [9.17, 15) is 0 Å². The summed E-state index contributed by atoms with van der Waals surface area (Å²) in [6.45, 7) is 8.41. The Balaban J connectivity index is 3.03. The van der Waals surface area contributed by atoms with Crippen LogP contribution in [0.2, 0.25) is 0 Å². The van der Waals surface area contributed by atoms with Gasteiger partial charge in [-0.1, -0.05) is 0 Å². The lowest BCUT2D eigenvalue weighted by Gasteiger charge is -2.22. The van der Waals surface area contributed by atoms with Crippen molar-refractivity contribution >= 4 is 0 Å². The molecule has 1 aromatic rings. The molecule has 3 heteroatoms. The summed E-state index contributed by atoms with van der Waals surface area (Å²) in [5.41, 5.74) is 8.17. The number of nitrogens with one attached hydrogen (secondary N) is 1. The summed E-state index contributed by atoms with van der Waals surface area (Å²) in [6, 6.07) is 2.43. The molecule has 1 heterocycles. The van der Waals surface area contributed by atoms with E-state index in [1.54, 1.807) is 0 Å². The zero-order chi connectivity index (χ0) is 11.6. The van der Waals surface area contributed by atoms with Crippen molar-refractivity contribution in [3.8, 4) is 0 Å². The molecule has 3 nitrogen and oxygen atoms in total. The van der Waals surface area contributed by atoms with Gasteiger partial charge >= 0.3 is 0 Å². The maximum atomic E-state index is 4.50. The minimum atomic E-state index is 0.299. The number of hydrazine groups is 1. The van der Waals surface area contributed by atoms with Crippen molar-refractivity contribution in [3.05, 3.63) is 28.6 Å². The number of rotatable bonds is 3. The lowest BCUT2D eigenvalue weighted by atomic mass is 10.0. The van der Waals surface area contributed by atoms with Gasteiger partial charge in [-0.25, -0.2) is 5.43 Å². The van der Waals surface area contributed by atoms with Crippen molar-refractivity contribution in [1.82, 2.24) is 15.4 Å². The third-order valence-electron chi connectivity index (χ3n) is 2.47. The van der Waals surface area contributed by atoms with Gasteiger partial charge in [-0.15, -0.1) is 0 Å². The van der Waals surface area contributed by atoms with Gasteiger partial charge in [-0.05, 0) is 44.9 Å². The molecule has 1 atom stereocenters. The molecular weight excluding hydrogens is 186 g/mol. The molecule has 0 spiro atoms. The number of nitrogens with zero attached hydrogens (tertiary/aromatic N) is 2. The fourth-order valence-corrected chi connectivity index (χ4v) is 2.14. The van der Waals surface area contributed by atoms with Gasteiger partial charge in [0.2, 0.25) is 0 Å². The van der Waals surface area contributed by atoms with Crippen LogP contribution in [0, 0.1) is 20.8 Å². The molecule has 1 rings (SSSR count). The third kappa shape index (κ3) is 3.01. The Morgan fingerprint density at radius 2 is 1.87 bits per heavy atom. The number of pyridine rings is 1. The smallest absolute Gasteiger partial charge is 0.0456 e. The Hall–Kier alpha value is -0.930. The molecule has 1 N–H and O–H groups in total. The highest BCUT2D eigenvalue weighted by molar-refractivity contribution is 5.33. The van der Waals surface area contributed by atoms with Gasteiger partial charge in [0.05, 0.1) is 0 Å². The number of aryl methyl sites for hydroxylation is 3. The van der Waals surface area contributed by atoms with Gasteiger partial charge in [0.25, 0.3) is 0 Å². The van der Waals surface area contributed by atoms with Crippen LogP contribution in [0.4, 0.5) is 0 Å². The first kappa shape index (κ1) is 12.1. The summed E-state index contributed by atoms with van der Waals surface area (Å²) in [5.74, 6) is 0. The van der Waals surface area contributed by atoms with E-state index in [0.29, 0.717) is 6.04 Å². The second kappa shape index (κ2) is 4.73. The molecule has 0 aliphatic heterocycles. The van der Waals surface area contributed by atoms with Crippen LogP contribution in [0.15, 0.2) is 6.07 Å². The summed E-state index contributed by atoms with van der Waals surface area (Å²) in [5, 5.41) is 1.98. The van der Waals surface area contributed by atoms with Crippen molar-refractivity contribution in [2.45, 2.75) is 33.7 Å². The van der Waals surface area contributed by atoms with E-state index in [0.717, 1.165) is 11.4 Å². The van der Waals surface area contributed by atoms with E-state index >= 15 is 0 Å². The van der Waals surface area contributed by atoms with Gasteiger partial charge in [-0.2, -0.15) is 0 Å². The van der Waals surface area contributed by atoms with Crippen LogP contribution in [0.25, 0.3) is 0 Å². The Bertz CT molecular complexity index is 322. The fraction of sp³-hybridized carbons (Fsp3) is 0.583. The van der Waals surface area contributed by atoms with Gasteiger partial charge in [0.1, 0.15) is 0 Å². The van der Waals surface area contributed by atoms with Gasteiger partial charge in [0.15, 0.2) is 0 Å². The Morgan fingerprint density at radius 1 is 1.27 bits per heavy atom. The predicted molar refractivity (Wildman–Crippen MR) is 63.7 cm³/mol.